The highest BCUT2D eigenvalue weighted by Gasteiger charge is 2.19. The Kier molecular flexibility index (Phi) is 3.65. The average molecular weight is 225 g/mol. The molecule has 0 saturated heterocycles. The molecule has 0 aromatic carbocycles. The van der Waals surface area contributed by atoms with E-state index in [9.17, 15) is 4.79 Å². The highest BCUT2D eigenvalue weighted by atomic mass is 16.5. The summed E-state index contributed by atoms with van der Waals surface area (Å²) in [7, 11) is 3.17. The number of aromatic nitrogens is 2. The fourth-order valence-corrected chi connectivity index (χ4v) is 1.17. The number of aryl methyl sites for hydroxylation is 1. The fraction of sp³-hybridized carbons (Fsp3) is 0.500. The lowest BCUT2D eigenvalue weighted by molar-refractivity contribution is -0.138. The fourth-order valence-electron chi connectivity index (χ4n) is 1.17. The molecule has 1 atom stereocenters. The first kappa shape index (κ1) is 12.2. The number of ether oxygens (including phenoxy) is 1. The molecule has 0 aliphatic rings. The highest BCUT2D eigenvalue weighted by molar-refractivity contribution is 5.77. The van der Waals surface area contributed by atoms with Gasteiger partial charge in [-0.05, 0) is 13.8 Å². The zero-order valence-electron chi connectivity index (χ0n) is 9.76. The van der Waals surface area contributed by atoms with Crippen LogP contribution in [0.1, 0.15) is 12.7 Å². The van der Waals surface area contributed by atoms with Crippen molar-refractivity contribution in [1.29, 1.82) is 0 Å². The van der Waals surface area contributed by atoms with Crippen molar-refractivity contribution in [3.05, 3.63) is 11.9 Å². The molecule has 0 amide bonds. The van der Waals surface area contributed by atoms with E-state index in [0.29, 0.717) is 17.5 Å². The topological polar surface area (TPSA) is 75.5 Å². The van der Waals surface area contributed by atoms with Gasteiger partial charge in [0, 0.05) is 13.1 Å². The number of hydrogen-bond acceptors (Lipinski definition) is 5. The van der Waals surface area contributed by atoms with E-state index in [1.807, 2.05) is 0 Å². The van der Waals surface area contributed by atoms with E-state index in [1.54, 1.807) is 31.9 Å². The van der Waals surface area contributed by atoms with Gasteiger partial charge < -0.3 is 14.7 Å². The monoisotopic (exact) mass is 225 g/mol. The third-order valence-corrected chi connectivity index (χ3v) is 2.31. The van der Waals surface area contributed by atoms with Gasteiger partial charge in [-0.1, -0.05) is 0 Å². The maximum Gasteiger partial charge on any atom is 0.326 e. The summed E-state index contributed by atoms with van der Waals surface area (Å²) >= 11 is 0. The van der Waals surface area contributed by atoms with E-state index in [4.69, 9.17) is 9.84 Å². The van der Waals surface area contributed by atoms with Gasteiger partial charge in [0.1, 0.15) is 17.7 Å². The molecule has 1 unspecified atom stereocenters. The smallest absolute Gasteiger partial charge is 0.326 e. The summed E-state index contributed by atoms with van der Waals surface area (Å²) in [6, 6.07) is 0.950. The molecule has 0 bridgehead atoms. The molecule has 0 saturated carbocycles. The number of methoxy groups -OCH3 is 1. The number of likely N-dealkylation sites (N-methyl/N-ethyl adjacent to an activating group) is 1. The van der Waals surface area contributed by atoms with E-state index >= 15 is 0 Å². The van der Waals surface area contributed by atoms with Crippen molar-refractivity contribution in [1.82, 2.24) is 9.97 Å². The normalized spacial score (nSPS) is 12.0. The maximum absolute atomic E-state index is 10.8. The summed E-state index contributed by atoms with van der Waals surface area (Å²) in [4.78, 5) is 20.6. The van der Waals surface area contributed by atoms with Gasteiger partial charge in [0.25, 0.3) is 0 Å². The molecular weight excluding hydrogens is 210 g/mol. The Bertz CT molecular complexity index is 395. The molecule has 6 heteroatoms. The number of carboxylic acid groups (broad SMARTS) is 1. The Labute approximate surface area is 93.9 Å². The molecular formula is C10H15N3O3. The molecule has 1 rings (SSSR count). The van der Waals surface area contributed by atoms with Gasteiger partial charge in [-0.15, -0.1) is 0 Å². The second kappa shape index (κ2) is 4.78. The van der Waals surface area contributed by atoms with Crippen LogP contribution in [-0.4, -0.2) is 41.2 Å². The quantitative estimate of drug-likeness (QED) is 0.813. The van der Waals surface area contributed by atoms with Crippen molar-refractivity contribution >= 4 is 11.8 Å². The predicted molar refractivity (Wildman–Crippen MR) is 58.8 cm³/mol. The number of carboxylic acids is 1. The maximum atomic E-state index is 10.8. The van der Waals surface area contributed by atoms with Crippen LogP contribution in [0.5, 0.6) is 5.88 Å². The first-order chi connectivity index (χ1) is 7.45. The SMILES string of the molecule is COc1cc(N(C)C(C)C(=O)O)nc(C)n1. The van der Waals surface area contributed by atoms with Gasteiger partial charge >= 0.3 is 5.97 Å². The van der Waals surface area contributed by atoms with Crippen molar-refractivity contribution in [3.8, 4) is 5.88 Å². The Hall–Kier alpha value is -1.85. The molecule has 0 aliphatic carbocycles. The van der Waals surface area contributed by atoms with Gasteiger partial charge in [-0.3, -0.25) is 0 Å². The zero-order chi connectivity index (χ0) is 12.3. The lowest BCUT2D eigenvalue weighted by atomic mass is 10.3. The molecule has 16 heavy (non-hydrogen) atoms. The first-order valence-electron chi connectivity index (χ1n) is 4.81. The van der Waals surface area contributed by atoms with Crippen molar-refractivity contribution in [2.75, 3.05) is 19.1 Å². The predicted octanol–water partition coefficient (Wildman–Crippen LogP) is 0.703. The second-order valence-electron chi connectivity index (χ2n) is 3.44. The summed E-state index contributed by atoms with van der Waals surface area (Å²) in [5.74, 6) is 0.586. The lowest BCUT2D eigenvalue weighted by Crippen LogP contribution is -2.36. The van der Waals surface area contributed by atoms with Crippen LogP contribution in [0.2, 0.25) is 0 Å². The van der Waals surface area contributed by atoms with Crippen LogP contribution in [0.15, 0.2) is 6.07 Å². The average Bonchev–Trinajstić information content (AvgIpc) is 2.25. The van der Waals surface area contributed by atoms with E-state index in [2.05, 4.69) is 9.97 Å². The summed E-state index contributed by atoms with van der Waals surface area (Å²) in [5, 5.41) is 8.89. The van der Waals surface area contributed by atoms with Crippen molar-refractivity contribution in [2.24, 2.45) is 0 Å². The Morgan fingerprint density at radius 3 is 2.69 bits per heavy atom. The molecule has 6 nitrogen and oxygen atoms in total. The van der Waals surface area contributed by atoms with Crippen molar-refractivity contribution in [2.45, 2.75) is 19.9 Å². The number of rotatable bonds is 4. The van der Waals surface area contributed by atoms with Gasteiger partial charge in [0.05, 0.1) is 7.11 Å². The molecule has 0 spiro atoms. The van der Waals surface area contributed by atoms with E-state index in [-0.39, 0.29) is 0 Å². The highest BCUT2D eigenvalue weighted by Crippen LogP contribution is 2.17. The largest absolute Gasteiger partial charge is 0.481 e. The van der Waals surface area contributed by atoms with Gasteiger partial charge in [0.15, 0.2) is 0 Å². The minimum absolute atomic E-state index is 0.423. The van der Waals surface area contributed by atoms with E-state index in [1.165, 1.54) is 7.11 Å². The molecule has 1 aromatic rings. The van der Waals surface area contributed by atoms with Crippen LogP contribution in [0.4, 0.5) is 5.82 Å². The Morgan fingerprint density at radius 2 is 2.19 bits per heavy atom. The first-order valence-corrected chi connectivity index (χ1v) is 4.81. The summed E-state index contributed by atoms with van der Waals surface area (Å²) < 4.78 is 5.00. The number of anilines is 1. The molecule has 0 aliphatic heterocycles. The minimum atomic E-state index is -0.905. The number of nitrogens with zero attached hydrogens (tertiary/aromatic N) is 3. The Morgan fingerprint density at radius 1 is 1.56 bits per heavy atom. The summed E-state index contributed by atoms with van der Waals surface area (Å²) in [6.07, 6.45) is 0. The molecule has 0 fully saturated rings. The van der Waals surface area contributed by atoms with Gasteiger partial charge in [-0.25, -0.2) is 9.78 Å². The summed E-state index contributed by atoms with van der Waals surface area (Å²) in [5.41, 5.74) is 0. The third-order valence-electron chi connectivity index (χ3n) is 2.31. The van der Waals surface area contributed by atoms with Crippen molar-refractivity contribution < 1.29 is 14.6 Å². The molecule has 0 radical (unpaired) electrons. The van der Waals surface area contributed by atoms with Gasteiger partial charge in [-0.2, -0.15) is 4.98 Å². The van der Waals surface area contributed by atoms with Crippen LogP contribution < -0.4 is 9.64 Å². The van der Waals surface area contributed by atoms with E-state index < -0.39 is 12.0 Å². The van der Waals surface area contributed by atoms with Crippen LogP contribution >= 0.6 is 0 Å². The zero-order valence-corrected chi connectivity index (χ0v) is 9.76. The minimum Gasteiger partial charge on any atom is -0.481 e. The van der Waals surface area contributed by atoms with Gasteiger partial charge in [0.2, 0.25) is 5.88 Å². The number of hydrogen-bond donors (Lipinski definition) is 1. The molecule has 1 aromatic heterocycles. The second-order valence-corrected chi connectivity index (χ2v) is 3.44. The standard InChI is InChI=1S/C10H15N3O3/c1-6(10(14)15)13(3)8-5-9(16-4)12-7(2)11-8/h5-6H,1-4H3,(H,14,15). The molecule has 88 valence electrons. The third kappa shape index (κ3) is 2.59. The van der Waals surface area contributed by atoms with Crippen LogP contribution in [0, 0.1) is 6.92 Å². The van der Waals surface area contributed by atoms with Crippen molar-refractivity contribution in [3.63, 3.8) is 0 Å². The van der Waals surface area contributed by atoms with Crippen LogP contribution in [0.25, 0.3) is 0 Å². The van der Waals surface area contributed by atoms with Crippen LogP contribution in [-0.2, 0) is 4.79 Å². The lowest BCUT2D eigenvalue weighted by Gasteiger charge is -2.22. The number of aliphatic carboxylic acids is 1. The summed E-state index contributed by atoms with van der Waals surface area (Å²) in [6.45, 7) is 3.32. The van der Waals surface area contributed by atoms with E-state index in [0.717, 1.165) is 0 Å². The molecule has 1 heterocycles. The van der Waals surface area contributed by atoms with Crippen LogP contribution in [0.3, 0.4) is 0 Å². The molecule has 1 N–H and O–H groups in total. The number of carbonyl (C=O) groups is 1. The Balaban J connectivity index is 3.03.